The number of hydrogen-bond donors (Lipinski definition) is 1. The molecule has 0 unspecified atom stereocenters. The fourth-order valence-electron chi connectivity index (χ4n) is 2.07. The van der Waals surface area contributed by atoms with Crippen LogP contribution in [0.25, 0.3) is 16.6 Å². The van der Waals surface area contributed by atoms with E-state index in [1.54, 1.807) is 0 Å². The van der Waals surface area contributed by atoms with Gasteiger partial charge in [0.1, 0.15) is 0 Å². The number of fused-ring (bicyclic) bond motifs is 2. The maximum Gasteiger partial charge on any atom is 0.0705 e. The molecule has 74 valence electrons. The van der Waals surface area contributed by atoms with Crippen molar-refractivity contribution in [3.63, 3.8) is 0 Å². The second-order valence-corrected chi connectivity index (χ2v) is 3.87. The average Bonchev–Trinajstić information content (AvgIpc) is 2.27. The van der Waals surface area contributed by atoms with E-state index in [4.69, 9.17) is 5.73 Å². The Labute approximate surface area is 88.4 Å². The molecule has 1 aromatic heterocycles. The molecule has 3 rings (SSSR count). The SMILES string of the molecule is NC1=CCCc2nc3ccccc3cc21. The summed E-state index contributed by atoms with van der Waals surface area (Å²) in [5, 5.41) is 1.16. The molecule has 0 spiro atoms. The van der Waals surface area contributed by atoms with Gasteiger partial charge in [0.2, 0.25) is 0 Å². The Morgan fingerprint density at radius 2 is 2.07 bits per heavy atom. The number of aryl methyl sites for hydroxylation is 1. The molecule has 0 aliphatic heterocycles. The van der Waals surface area contributed by atoms with Crippen molar-refractivity contribution in [2.45, 2.75) is 12.8 Å². The monoisotopic (exact) mass is 196 g/mol. The van der Waals surface area contributed by atoms with Gasteiger partial charge in [0, 0.05) is 16.6 Å². The fourth-order valence-corrected chi connectivity index (χ4v) is 2.07. The molecule has 0 atom stereocenters. The van der Waals surface area contributed by atoms with Gasteiger partial charge in [0.25, 0.3) is 0 Å². The van der Waals surface area contributed by atoms with Crippen molar-refractivity contribution in [1.29, 1.82) is 0 Å². The molecule has 15 heavy (non-hydrogen) atoms. The molecule has 0 saturated carbocycles. The maximum absolute atomic E-state index is 5.96. The van der Waals surface area contributed by atoms with E-state index in [-0.39, 0.29) is 0 Å². The Morgan fingerprint density at radius 1 is 1.20 bits per heavy atom. The van der Waals surface area contributed by atoms with Gasteiger partial charge in [-0.2, -0.15) is 0 Å². The van der Waals surface area contributed by atoms with Gasteiger partial charge >= 0.3 is 0 Å². The van der Waals surface area contributed by atoms with E-state index >= 15 is 0 Å². The van der Waals surface area contributed by atoms with Gasteiger partial charge in [-0.1, -0.05) is 24.3 Å². The molecule has 1 aliphatic carbocycles. The molecular formula is C13H12N2. The van der Waals surface area contributed by atoms with Crippen LogP contribution in [0.5, 0.6) is 0 Å². The van der Waals surface area contributed by atoms with Gasteiger partial charge in [-0.05, 0) is 25.0 Å². The third-order valence-corrected chi connectivity index (χ3v) is 2.86. The molecule has 2 nitrogen and oxygen atoms in total. The summed E-state index contributed by atoms with van der Waals surface area (Å²) in [5.74, 6) is 0. The van der Waals surface area contributed by atoms with Crippen LogP contribution in [0.2, 0.25) is 0 Å². The van der Waals surface area contributed by atoms with E-state index in [1.165, 1.54) is 0 Å². The Morgan fingerprint density at radius 3 is 3.00 bits per heavy atom. The van der Waals surface area contributed by atoms with Gasteiger partial charge in [-0.25, -0.2) is 0 Å². The molecule has 1 heterocycles. The van der Waals surface area contributed by atoms with Gasteiger partial charge < -0.3 is 5.73 Å². The van der Waals surface area contributed by atoms with E-state index < -0.39 is 0 Å². The molecule has 0 fully saturated rings. The summed E-state index contributed by atoms with van der Waals surface area (Å²) >= 11 is 0. The van der Waals surface area contributed by atoms with Crippen molar-refractivity contribution in [1.82, 2.24) is 4.98 Å². The van der Waals surface area contributed by atoms with Crippen LogP contribution in [0.3, 0.4) is 0 Å². The molecule has 1 aliphatic rings. The van der Waals surface area contributed by atoms with Crippen LogP contribution in [0.4, 0.5) is 0 Å². The second kappa shape index (κ2) is 3.09. The van der Waals surface area contributed by atoms with E-state index in [0.717, 1.165) is 40.7 Å². The number of hydrogen-bond acceptors (Lipinski definition) is 2. The first-order valence-electron chi connectivity index (χ1n) is 5.19. The number of nitrogens with two attached hydrogens (primary N) is 1. The molecular weight excluding hydrogens is 184 g/mol. The summed E-state index contributed by atoms with van der Waals surface area (Å²) < 4.78 is 0. The third-order valence-electron chi connectivity index (χ3n) is 2.86. The molecule has 2 heteroatoms. The van der Waals surface area contributed by atoms with Crippen LogP contribution < -0.4 is 5.73 Å². The number of allylic oxidation sites excluding steroid dienone is 1. The number of nitrogens with zero attached hydrogens (tertiary/aromatic N) is 1. The normalized spacial score (nSPS) is 14.8. The fraction of sp³-hybridized carbons (Fsp3) is 0.154. The highest BCUT2D eigenvalue weighted by atomic mass is 14.7. The summed E-state index contributed by atoms with van der Waals surface area (Å²) in [6.07, 6.45) is 4.09. The summed E-state index contributed by atoms with van der Waals surface area (Å²) in [7, 11) is 0. The molecule has 0 bridgehead atoms. The highest BCUT2D eigenvalue weighted by Gasteiger charge is 2.12. The zero-order valence-electron chi connectivity index (χ0n) is 8.40. The van der Waals surface area contributed by atoms with Crippen LogP contribution in [0, 0.1) is 0 Å². The standard InChI is InChI=1S/C13H12N2/c14-11-5-3-7-13-10(11)8-9-4-1-2-6-12(9)15-13/h1-2,4-6,8H,3,7,14H2. The lowest BCUT2D eigenvalue weighted by molar-refractivity contribution is 0.927. The van der Waals surface area contributed by atoms with Gasteiger partial charge in [-0.3, -0.25) is 4.98 Å². The predicted octanol–water partition coefficient (Wildman–Crippen LogP) is 2.48. The summed E-state index contributed by atoms with van der Waals surface area (Å²) in [4.78, 5) is 4.65. The topological polar surface area (TPSA) is 38.9 Å². The predicted molar refractivity (Wildman–Crippen MR) is 62.2 cm³/mol. The average molecular weight is 196 g/mol. The van der Waals surface area contributed by atoms with Crippen molar-refractivity contribution in [3.8, 4) is 0 Å². The number of benzene rings is 1. The minimum atomic E-state index is 0.870. The number of pyridine rings is 1. The Balaban J connectivity index is 2.34. The number of aromatic nitrogens is 1. The first kappa shape index (κ1) is 8.48. The van der Waals surface area contributed by atoms with Crippen molar-refractivity contribution in [3.05, 3.63) is 47.7 Å². The van der Waals surface area contributed by atoms with E-state index in [1.807, 2.05) is 18.2 Å². The highest BCUT2D eigenvalue weighted by Crippen LogP contribution is 2.25. The second-order valence-electron chi connectivity index (χ2n) is 3.87. The molecule has 2 N–H and O–H groups in total. The highest BCUT2D eigenvalue weighted by molar-refractivity contribution is 5.83. The third kappa shape index (κ3) is 1.30. The van der Waals surface area contributed by atoms with Crippen LogP contribution in [-0.4, -0.2) is 4.98 Å². The quantitative estimate of drug-likeness (QED) is 0.703. The molecule has 2 aromatic rings. The van der Waals surface area contributed by atoms with Gasteiger partial charge in [-0.15, -0.1) is 0 Å². The first-order valence-corrected chi connectivity index (χ1v) is 5.19. The minimum absolute atomic E-state index is 0.870. The van der Waals surface area contributed by atoms with Crippen LogP contribution in [0.15, 0.2) is 36.4 Å². The van der Waals surface area contributed by atoms with E-state index in [0.29, 0.717) is 0 Å². The number of para-hydroxylation sites is 1. The largest absolute Gasteiger partial charge is 0.398 e. The van der Waals surface area contributed by atoms with Crippen LogP contribution in [-0.2, 0) is 6.42 Å². The van der Waals surface area contributed by atoms with Crippen molar-refractivity contribution in [2.75, 3.05) is 0 Å². The van der Waals surface area contributed by atoms with E-state index in [2.05, 4.69) is 23.2 Å². The van der Waals surface area contributed by atoms with Crippen molar-refractivity contribution >= 4 is 16.6 Å². The lowest BCUT2D eigenvalue weighted by Gasteiger charge is -2.14. The van der Waals surface area contributed by atoms with Crippen molar-refractivity contribution in [2.24, 2.45) is 5.73 Å². The number of rotatable bonds is 0. The molecule has 0 saturated heterocycles. The zero-order valence-corrected chi connectivity index (χ0v) is 8.40. The Bertz CT molecular complexity index is 555. The lowest BCUT2D eigenvalue weighted by Crippen LogP contribution is -2.08. The Kier molecular flexibility index (Phi) is 1.75. The molecule has 1 aromatic carbocycles. The summed E-state index contributed by atoms with van der Waals surface area (Å²) in [6, 6.07) is 10.3. The summed E-state index contributed by atoms with van der Waals surface area (Å²) in [5.41, 5.74) is 10.1. The smallest absolute Gasteiger partial charge is 0.0705 e. The maximum atomic E-state index is 5.96. The van der Waals surface area contributed by atoms with Crippen molar-refractivity contribution < 1.29 is 0 Å². The van der Waals surface area contributed by atoms with Crippen LogP contribution in [0.1, 0.15) is 17.7 Å². The molecule has 0 amide bonds. The lowest BCUT2D eigenvalue weighted by atomic mass is 9.98. The molecule has 0 radical (unpaired) electrons. The van der Waals surface area contributed by atoms with Gasteiger partial charge in [0.05, 0.1) is 11.2 Å². The van der Waals surface area contributed by atoms with Crippen LogP contribution >= 0.6 is 0 Å². The van der Waals surface area contributed by atoms with Gasteiger partial charge in [0.15, 0.2) is 0 Å². The minimum Gasteiger partial charge on any atom is -0.398 e. The Hall–Kier alpha value is -1.83. The zero-order chi connectivity index (χ0) is 10.3. The van der Waals surface area contributed by atoms with E-state index in [9.17, 15) is 0 Å². The summed E-state index contributed by atoms with van der Waals surface area (Å²) in [6.45, 7) is 0. The first-order chi connectivity index (χ1) is 7.34.